The fourth-order valence-corrected chi connectivity index (χ4v) is 3.39. The number of carboxylic acid groups (broad SMARTS) is 1. The zero-order chi connectivity index (χ0) is 16.0. The number of nitrogens with zero attached hydrogens (tertiary/aromatic N) is 1. The number of hydrogen-bond acceptors (Lipinski definition) is 3. The summed E-state index contributed by atoms with van der Waals surface area (Å²) in [6, 6.07) is 14.3. The number of benzene rings is 2. The lowest BCUT2D eigenvalue weighted by Crippen LogP contribution is -2.30. The molecular weight excluding hydrogens is 290 g/mol. The number of furan rings is 1. The van der Waals surface area contributed by atoms with Gasteiger partial charge in [0.05, 0.1) is 0 Å². The maximum atomic E-state index is 11.5. The predicted molar refractivity (Wildman–Crippen MR) is 89.1 cm³/mol. The summed E-state index contributed by atoms with van der Waals surface area (Å²) in [5, 5.41) is 10.1. The summed E-state index contributed by atoms with van der Waals surface area (Å²) < 4.78 is 5.56. The second kappa shape index (κ2) is 5.16. The Morgan fingerprint density at radius 3 is 2.74 bits per heavy atom. The van der Waals surface area contributed by atoms with E-state index in [1.165, 1.54) is 11.1 Å². The molecule has 0 spiro atoms. The van der Waals surface area contributed by atoms with Crippen molar-refractivity contribution in [2.75, 3.05) is 11.4 Å². The Hall–Kier alpha value is -2.75. The molecular formula is C19H17NO3. The first kappa shape index (κ1) is 13.9. The van der Waals surface area contributed by atoms with Crippen molar-refractivity contribution in [3.05, 3.63) is 64.9 Å². The van der Waals surface area contributed by atoms with E-state index in [2.05, 4.69) is 29.2 Å². The fourth-order valence-electron chi connectivity index (χ4n) is 3.39. The molecule has 2 aromatic carbocycles. The SMILES string of the molecule is Cc1oc2ccc(N3CCc4ccccc4C3)cc2c1C(=O)O. The molecule has 0 aliphatic carbocycles. The summed E-state index contributed by atoms with van der Waals surface area (Å²) in [5.41, 5.74) is 4.66. The predicted octanol–water partition coefficient (Wildman–Crippen LogP) is 4.00. The highest BCUT2D eigenvalue weighted by atomic mass is 16.4. The monoisotopic (exact) mass is 307 g/mol. The van der Waals surface area contributed by atoms with Crippen molar-refractivity contribution in [1.29, 1.82) is 0 Å². The number of aryl methyl sites for hydroxylation is 1. The molecule has 0 fully saturated rings. The molecule has 1 aliphatic rings. The lowest BCUT2D eigenvalue weighted by molar-refractivity contribution is 0.0697. The third kappa shape index (κ3) is 2.27. The van der Waals surface area contributed by atoms with Gasteiger partial charge in [-0.15, -0.1) is 0 Å². The van der Waals surface area contributed by atoms with Gasteiger partial charge in [0.25, 0.3) is 0 Å². The van der Waals surface area contributed by atoms with Crippen LogP contribution in [0.1, 0.15) is 27.2 Å². The molecule has 1 aliphatic heterocycles. The second-order valence-electron chi connectivity index (χ2n) is 5.96. The standard InChI is InChI=1S/C19H17NO3/c1-12-18(19(21)22)16-10-15(6-7-17(16)23-12)20-9-8-13-4-2-3-5-14(13)11-20/h2-7,10H,8-9,11H2,1H3,(H,21,22). The molecule has 1 N–H and O–H groups in total. The average Bonchev–Trinajstić information content (AvgIpc) is 2.89. The normalized spacial score (nSPS) is 14.0. The van der Waals surface area contributed by atoms with Gasteiger partial charge in [0.2, 0.25) is 0 Å². The van der Waals surface area contributed by atoms with Crippen molar-refractivity contribution in [3.63, 3.8) is 0 Å². The molecule has 0 atom stereocenters. The Labute approximate surface area is 133 Å². The topological polar surface area (TPSA) is 53.7 Å². The van der Waals surface area contributed by atoms with Gasteiger partial charge >= 0.3 is 5.97 Å². The first-order valence-electron chi connectivity index (χ1n) is 7.71. The first-order valence-corrected chi connectivity index (χ1v) is 7.71. The van der Waals surface area contributed by atoms with Crippen LogP contribution in [0, 0.1) is 6.92 Å². The molecule has 4 heteroatoms. The van der Waals surface area contributed by atoms with E-state index in [-0.39, 0.29) is 5.56 Å². The molecule has 4 nitrogen and oxygen atoms in total. The van der Waals surface area contributed by atoms with Crippen LogP contribution in [0.25, 0.3) is 11.0 Å². The molecule has 1 aromatic heterocycles. The van der Waals surface area contributed by atoms with Gasteiger partial charge < -0.3 is 14.4 Å². The summed E-state index contributed by atoms with van der Waals surface area (Å²) in [7, 11) is 0. The molecule has 116 valence electrons. The zero-order valence-electron chi connectivity index (χ0n) is 12.9. The minimum Gasteiger partial charge on any atom is -0.478 e. The molecule has 0 saturated carbocycles. The Bertz CT molecular complexity index is 910. The summed E-state index contributed by atoms with van der Waals surface area (Å²) in [5.74, 6) is -0.490. The number of rotatable bonds is 2. The molecule has 2 heterocycles. The highest BCUT2D eigenvalue weighted by Gasteiger charge is 2.20. The number of hydrogen-bond donors (Lipinski definition) is 1. The Morgan fingerprint density at radius 1 is 1.17 bits per heavy atom. The van der Waals surface area contributed by atoms with Crippen molar-refractivity contribution < 1.29 is 14.3 Å². The van der Waals surface area contributed by atoms with Gasteiger partial charge in [-0.1, -0.05) is 24.3 Å². The largest absolute Gasteiger partial charge is 0.478 e. The molecule has 3 aromatic rings. The Morgan fingerprint density at radius 2 is 1.96 bits per heavy atom. The van der Waals surface area contributed by atoms with Crippen LogP contribution >= 0.6 is 0 Å². The zero-order valence-corrected chi connectivity index (χ0v) is 12.9. The van der Waals surface area contributed by atoms with Crippen LogP contribution in [-0.2, 0) is 13.0 Å². The van der Waals surface area contributed by atoms with Crippen LogP contribution in [0.4, 0.5) is 5.69 Å². The van der Waals surface area contributed by atoms with Crippen LogP contribution in [0.15, 0.2) is 46.9 Å². The van der Waals surface area contributed by atoms with E-state index in [0.717, 1.165) is 25.2 Å². The minimum atomic E-state index is -0.942. The number of aromatic carboxylic acids is 1. The van der Waals surface area contributed by atoms with Gasteiger partial charge in [0, 0.05) is 24.2 Å². The van der Waals surface area contributed by atoms with E-state index in [9.17, 15) is 9.90 Å². The van der Waals surface area contributed by atoms with Crippen LogP contribution in [-0.4, -0.2) is 17.6 Å². The lowest BCUT2D eigenvalue weighted by atomic mass is 9.99. The maximum absolute atomic E-state index is 11.5. The highest BCUT2D eigenvalue weighted by Crippen LogP contribution is 2.31. The quantitative estimate of drug-likeness (QED) is 0.777. The smallest absolute Gasteiger partial charge is 0.339 e. The van der Waals surface area contributed by atoms with Crippen molar-refractivity contribution in [1.82, 2.24) is 0 Å². The van der Waals surface area contributed by atoms with Gasteiger partial charge in [-0.05, 0) is 42.7 Å². The molecule has 0 radical (unpaired) electrons. The third-order valence-corrected chi connectivity index (χ3v) is 4.56. The molecule has 0 unspecified atom stereocenters. The molecule has 0 amide bonds. The Balaban J connectivity index is 1.75. The summed E-state index contributed by atoms with van der Waals surface area (Å²) in [6.45, 7) is 3.48. The van der Waals surface area contributed by atoms with Crippen molar-refractivity contribution in [2.24, 2.45) is 0 Å². The van der Waals surface area contributed by atoms with E-state index < -0.39 is 5.97 Å². The molecule has 0 saturated heterocycles. The van der Waals surface area contributed by atoms with Gasteiger partial charge in [-0.2, -0.15) is 0 Å². The van der Waals surface area contributed by atoms with Crippen LogP contribution in [0.2, 0.25) is 0 Å². The first-order chi connectivity index (χ1) is 11.1. The van der Waals surface area contributed by atoms with Crippen molar-refractivity contribution in [3.8, 4) is 0 Å². The van der Waals surface area contributed by atoms with E-state index >= 15 is 0 Å². The van der Waals surface area contributed by atoms with Crippen molar-refractivity contribution >= 4 is 22.6 Å². The maximum Gasteiger partial charge on any atom is 0.339 e. The van der Waals surface area contributed by atoms with Gasteiger partial charge in [0.1, 0.15) is 16.9 Å². The average molecular weight is 307 g/mol. The van der Waals surface area contributed by atoms with Crippen LogP contribution in [0.3, 0.4) is 0 Å². The summed E-state index contributed by atoms with van der Waals surface area (Å²) in [4.78, 5) is 13.8. The number of carbonyl (C=O) groups is 1. The van der Waals surface area contributed by atoms with Gasteiger partial charge in [0.15, 0.2) is 0 Å². The van der Waals surface area contributed by atoms with E-state index in [0.29, 0.717) is 16.7 Å². The van der Waals surface area contributed by atoms with E-state index in [1.807, 2.05) is 18.2 Å². The van der Waals surface area contributed by atoms with Crippen molar-refractivity contribution in [2.45, 2.75) is 19.9 Å². The highest BCUT2D eigenvalue weighted by molar-refractivity contribution is 6.04. The second-order valence-corrected chi connectivity index (χ2v) is 5.96. The number of fused-ring (bicyclic) bond motifs is 2. The number of anilines is 1. The van der Waals surface area contributed by atoms with Crippen LogP contribution in [0.5, 0.6) is 0 Å². The number of carboxylic acids is 1. The minimum absolute atomic E-state index is 0.263. The Kier molecular flexibility index (Phi) is 3.11. The molecule has 4 rings (SSSR count). The fraction of sp³-hybridized carbons (Fsp3) is 0.211. The molecule has 0 bridgehead atoms. The summed E-state index contributed by atoms with van der Waals surface area (Å²) >= 11 is 0. The van der Waals surface area contributed by atoms with Gasteiger partial charge in [-0.3, -0.25) is 0 Å². The molecule has 23 heavy (non-hydrogen) atoms. The lowest BCUT2D eigenvalue weighted by Gasteiger charge is -2.30. The summed E-state index contributed by atoms with van der Waals surface area (Å²) in [6.07, 6.45) is 1.00. The van der Waals surface area contributed by atoms with E-state index in [1.54, 1.807) is 6.92 Å². The third-order valence-electron chi connectivity index (χ3n) is 4.56. The van der Waals surface area contributed by atoms with Crippen LogP contribution < -0.4 is 4.90 Å². The van der Waals surface area contributed by atoms with Gasteiger partial charge in [-0.25, -0.2) is 4.79 Å². The van der Waals surface area contributed by atoms with E-state index in [4.69, 9.17) is 4.42 Å².